The molecule has 0 aromatic heterocycles. The summed E-state index contributed by atoms with van der Waals surface area (Å²) < 4.78 is 0. The highest BCUT2D eigenvalue weighted by Crippen LogP contribution is 2.22. The van der Waals surface area contributed by atoms with Gasteiger partial charge in [-0.3, -0.25) is 4.79 Å². The van der Waals surface area contributed by atoms with Gasteiger partial charge in [-0.05, 0) is 58.0 Å². The Labute approximate surface area is 115 Å². The molecule has 2 rings (SSSR count). The van der Waals surface area contributed by atoms with Crippen LogP contribution >= 0.6 is 0 Å². The van der Waals surface area contributed by atoms with Gasteiger partial charge >= 0.3 is 0 Å². The molecule has 1 fully saturated rings. The fourth-order valence-electron chi connectivity index (χ4n) is 2.13. The number of anilines is 2. The van der Waals surface area contributed by atoms with Gasteiger partial charge in [-0.1, -0.05) is 0 Å². The van der Waals surface area contributed by atoms with Crippen molar-refractivity contribution in [2.24, 2.45) is 0 Å². The normalized spacial score (nSPS) is 15.6. The molecule has 0 atom stereocenters. The van der Waals surface area contributed by atoms with Crippen molar-refractivity contribution in [3.8, 4) is 0 Å². The third-order valence-electron chi connectivity index (χ3n) is 3.79. The maximum absolute atomic E-state index is 12.0. The molecule has 1 aromatic rings. The highest BCUT2D eigenvalue weighted by molar-refractivity contribution is 5.97. The van der Waals surface area contributed by atoms with Crippen molar-refractivity contribution in [3.63, 3.8) is 0 Å². The van der Waals surface area contributed by atoms with Gasteiger partial charge in [0.1, 0.15) is 0 Å². The summed E-state index contributed by atoms with van der Waals surface area (Å²) in [5.74, 6) is -0.0241. The molecule has 0 radical (unpaired) electrons. The smallest absolute Gasteiger partial charge is 0.244 e. The largest absolute Gasteiger partial charge is 0.372 e. The van der Waals surface area contributed by atoms with E-state index in [1.54, 1.807) is 7.05 Å². The first-order chi connectivity index (χ1) is 9.03. The van der Waals surface area contributed by atoms with Crippen molar-refractivity contribution in [2.45, 2.75) is 32.2 Å². The van der Waals surface area contributed by atoms with Crippen LogP contribution in [0.4, 0.5) is 11.4 Å². The second-order valence-corrected chi connectivity index (χ2v) is 5.57. The van der Waals surface area contributed by atoms with E-state index in [4.69, 9.17) is 0 Å². The molecular weight excluding hydrogens is 238 g/mol. The number of benzene rings is 1. The summed E-state index contributed by atoms with van der Waals surface area (Å²) in [6, 6.07) is 8.09. The van der Waals surface area contributed by atoms with Gasteiger partial charge in [-0.25, -0.2) is 0 Å². The highest BCUT2D eigenvalue weighted by Gasteiger charge is 2.25. The lowest BCUT2D eigenvalue weighted by Gasteiger charge is -2.23. The Morgan fingerprint density at radius 2 is 1.74 bits per heavy atom. The number of carbonyl (C=O) groups is 1. The van der Waals surface area contributed by atoms with E-state index in [0.717, 1.165) is 18.8 Å². The average Bonchev–Trinajstić information content (AvgIpc) is 2.93. The zero-order valence-corrected chi connectivity index (χ0v) is 12.0. The van der Waals surface area contributed by atoms with Crippen molar-refractivity contribution in [1.82, 2.24) is 5.32 Å². The van der Waals surface area contributed by atoms with Gasteiger partial charge in [0, 0.05) is 24.5 Å². The SMILES string of the molecule is CNC(C)(C)C(=O)Nc1ccc(N2CCCC2)cc1. The number of likely N-dealkylation sites (N-methyl/N-ethyl adjacent to an activating group) is 1. The molecule has 2 N–H and O–H groups in total. The van der Waals surface area contributed by atoms with Crippen LogP contribution in [0.25, 0.3) is 0 Å². The molecule has 0 bridgehead atoms. The standard InChI is InChI=1S/C15H23N3O/c1-15(2,16-3)14(19)17-12-6-8-13(9-7-12)18-10-4-5-11-18/h6-9,16H,4-5,10-11H2,1-3H3,(H,17,19). The molecule has 1 amide bonds. The van der Waals surface area contributed by atoms with Gasteiger partial charge < -0.3 is 15.5 Å². The number of amides is 1. The van der Waals surface area contributed by atoms with Crippen molar-refractivity contribution in [2.75, 3.05) is 30.4 Å². The van der Waals surface area contributed by atoms with E-state index in [2.05, 4.69) is 27.7 Å². The lowest BCUT2D eigenvalue weighted by atomic mass is 10.1. The predicted octanol–water partition coefficient (Wildman–Crippen LogP) is 2.22. The van der Waals surface area contributed by atoms with E-state index in [-0.39, 0.29) is 5.91 Å². The fraction of sp³-hybridized carbons (Fsp3) is 0.533. The van der Waals surface area contributed by atoms with Gasteiger partial charge in [-0.15, -0.1) is 0 Å². The number of nitrogens with one attached hydrogen (secondary N) is 2. The molecule has 1 aliphatic heterocycles. The Bertz CT molecular complexity index is 433. The Morgan fingerprint density at radius 1 is 1.16 bits per heavy atom. The van der Waals surface area contributed by atoms with Crippen LogP contribution in [0.15, 0.2) is 24.3 Å². The minimum atomic E-state index is -0.562. The van der Waals surface area contributed by atoms with Crippen LogP contribution in [0.2, 0.25) is 0 Å². The number of carbonyl (C=O) groups excluding carboxylic acids is 1. The molecule has 4 nitrogen and oxygen atoms in total. The van der Waals surface area contributed by atoms with Crippen LogP contribution < -0.4 is 15.5 Å². The first kappa shape index (κ1) is 13.9. The van der Waals surface area contributed by atoms with E-state index >= 15 is 0 Å². The first-order valence-corrected chi connectivity index (χ1v) is 6.88. The quantitative estimate of drug-likeness (QED) is 0.873. The zero-order chi connectivity index (χ0) is 13.9. The summed E-state index contributed by atoms with van der Waals surface area (Å²) in [5.41, 5.74) is 1.52. The lowest BCUT2D eigenvalue weighted by molar-refractivity contribution is -0.121. The van der Waals surface area contributed by atoms with E-state index in [0.29, 0.717) is 0 Å². The number of hydrogen-bond acceptors (Lipinski definition) is 3. The minimum Gasteiger partial charge on any atom is -0.372 e. The maximum Gasteiger partial charge on any atom is 0.244 e. The van der Waals surface area contributed by atoms with Gasteiger partial charge in [0.25, 0.3) is 0 Å². The molecule has 0 unspecified atom stereocenters. The molecule has 0 saturated carbocycles. The average molecular weight is 261 g/mol. The molecular formula is C15H23N3O. The molecule has 1 saturated heterocycles. The predicted molar refractivity (Wildman–Crippen MR) is 79.7 cm³/mol. The Kier molecular flexibility index (Phi) is 4.10. The summed E-state index contributed by atoms with van der Waals surface area (Å²) in [4.78, 5) is 14.4. The molecule has 4 heteroatoms. The zero-order valence-electron chi connectivity index (χ0n) is 12.0. The highest BCUT2D eigenvalue weighted by atomic mass is 16.2. The third kappa shape index (κ3) is 3.26. The molecule has 1 aliphatic rings. The second kappa shape index (κ2) is 5.61. The van der Waals surface area contributed by atoms with Crippen molar-refractivity contribution < 1.29 is 4.79 Å². The van der Waals surface area contributed by atoms with Gasteiger partial charge in [0.2, 0.25) is 5.91 Å². The van der Waals surface area contributed by atoms with Crippen molar-refractivity contribution >= 4 is 17.3 Å². The Balaban J connectivity index is 2.00. The van der Waals surface area contributed by atoms with E-state index in [1.807, 2.05) is 26.0 Å². The lowest BCUT2D eigenvalue weighted by Crippen LogP contribution is -2.47. The summed E-state index contributed by atoms with van der Waals surface area (Å²) in [6.45, 7) is 6.00. The molecule has 19 heavy (non-hydrogen) atoms. The van der Waals surface area contributed by atoms with Crippen molar-refractivity contribution in [3.05, 3.63) is 24.3 Å². The second-order valence-electron chi connectivity index (χ2n) is 5.57. The van der Waals surface area contributed by atoms with Gasteiger partial charge in [0.05, 0.1) is 5.54 Å². The molecule has 104 valence electrons. The maximum atomic E-state index is 12.0. The van der Waals surface area contributed by atoms with Crippen LogP contribution in [0.3, 0.4) is 0 Å². The van der Waals surface area contributed by atoms with Crippen LogP contribution in [0.5, 0.6) is 0 Å². The summed E-state index contributed by atoms with van der Waals surface area (Å²) >= 11 is 0. The fourth-order valence-corrected chi connectivity index (χ4v) is 2.13. The van der Waals surface area contributed by atoms with Crippen LogP contribution in [-0.2, 0) is 4.79 Å². The number of nitrogens with zero attached hydrogens (tertiary/aromatic N) is 1. The summed E-state index contributed by atoms with van der Waals surface area (Å²) in [5, 5.41) is 5.93. The van der Waals surface area contributed by atoms with Crippen LogP contribution in [-0.4, -0.2) is 31.6 Å². The summed E-state index contributed by atoms with van der Waals surface area (Å²) in [6.07, 6.45) is 2.55. The Hall–Kier alpha value is -1.55. The van der Waals surface area contributed by atoms with Crippen LogP contribution in [0, 0.1) is 0 Å². The van der Waals surface area contributed by atoms with E-state index < -0.39 is 5.54 Å². The van der Waals surface area contributed by atoms with Crippen molar-refractivity contribution in [1.29, 1.82) is 0 Å². The third-order valence-corrected chi connectivity index (χ3v) is 3.79. The summed E-state index contributed by atoms with van der Waals surface area (Å²) in [7, 11) is 1.79. The minimum absolute atomic E-state index is 0.0241. The first-order valence-electron chi connectivity index (χ1n) is 6.88. The number of rotatable bonds is 4. The van der Waals surface area contributed by atoms with E-state index in [9.17, 15) is 4.79 Å². The molecule has 0 spiro atoms. The van der Waals surface area contributed by atoms with E-state index in [1.165, 1.54) is 18.5 Å². The monoisotopic (exact) mass is 261 g/mol. The molecule has 1 heterocycles. The topological polar surface area (TPSA) is 44.4 Å². The number of hydrogen-bond donors (Lipinski definition) is 2. The van der Waals surface area contributed by atoms with Gasteiger partial charge in [0.15, 0.2) is 0 Å². The van der Waals surface area contributed by atoms with Gasteiger partial charge in [-0.2, -0.15) is 0 Å². The Morgan fingerprint density at radius 3 is 2.26 bits per heavy atom. The molecule has 0 aliphatic carbocycles. The van der Waals surface area contributed by atoms with Crippen LogP contribution in [0.1, 0.15) is 26.7 Å². The molecule has 1 aromatic carbocycles.